The molecule has 0 spiro atoms. The molecule has 25 heavy (non-hydrogen) atoms. The van der Waals surface area contributed by atoms with Crippen LogP contribution in [0.25, 0.3) is 11.3 Å². The highest BCUT2D eigenvalue weighted by atomic mass is 35.5. The van der Waals surface area contributed by atoms with Crippen molar-refractivity contribution in [3.05, 3.63) is 40.0 Å². The summed E-state index contributed by atoms with van der Waals surface area (Å²) < 4.78 is 0. The van der Waals surface area contributed by atoms with Gasteiger partial charge in [-0.25, -0.2) is 0 Å². The number of amides is 1. The summed E-state index contributed by atoms with van der Waals surface area (Å²) in [7, 11) is 0. The highest BCUT2D eigenvalue weighted by Gasteiger charge is 2.16. The molecule has 0 aliphatic heterocycles. The van der Waals surface area contributed by atoms with Crippen molar-refractivity contribution in [1.82, 2.24) is 20.4 Å². The topological polar surface area (TPSA) is 104 Å². The SMILES string of the molecule is CC(C)Cc1nnc(NC(=O)c2cc(-c3cc(Cl)ccc3O)n[nH]2)s1. The summed E-state index contributed by atoms with van der Waals surface area (Å²) in [6.07, 6.45) is 0.815. The predicted octanol–water partition coefficient (Wildman–Crippen LogP) is 3.74. The number of anilines is 1. The second-order valence-electron chi connectivity index (χ2n) is 5.88. The van der Waals surface area contributed by atoms with Crippen LogP contribution in [0.3, 0.4) is 0 Å². The first kappa shape index (κ1) is 17.4. The molecule has 0 saturated carbocycles. The zero-order valence-electron chi connectivity index (χ0n) is 13.6. The van der Waals surface area contributed by atoms with Crippen LogP contribution in [0.5, 0.6) is 5.75 Å². The lowest BCUT2D eigenvalue weighted by Gasteiger charge is -2.00. The maximum absolute atomic E-state index is 12.3. The molecule has 0 atom stereocenters. The number of aromatic nitrogens is 4. The van der Waals surface area contributed by atoms with Crippen molar-refractivity contribution in [3.63, 3.8) is 0 Å². The number of H-pyrrole nitrogens is 1. The molecule has 2 aromatic heterocycles. The lowest BCUT2D eigenvalue weighted by atomic mass is 10.1. The van der Waals surface area contributed by atoms with Crippen LogP contribution in [-0.4, -0.2) is 31.4 Å². The van der Waals surface area contributed by atoms with Crippen LogP contribution in [0.15, 0.2) is 24.3 Å². The number of aromatic amines is 1. The maximum Gasteiger partial charge on any atom is 0.275 e. The monoisotopic (exact) mass is 377 g/mol. The first-order valence-corrected chi connectivity index (χ1v) is 8.80. The van der Waals surface area contributed by atoms with Gasteiger partial charge < -0.3 is 5.11 Å². The lowest BCUT2D eigenvalue weighted by Crippen LogP contribution is -2.12. The summed E-state index contributed by atoms with van der Waals surface area (Å²) in [6.45, 7) is 4.19. The molecule has 130 valence electrons. The van der Waals surface area contributed by atoms with Crippen LogP contribution < -0.4 is 5.32 Å². The van der Waals surface area contributed by atoms with Gasteiger partial charge in [0.25, 0.3) is 5.91 Å². The van der Waals surface area contributed by atoms with Gasteiger partial charge in [-0.3, -0.25) is 15.2 Å². The normalized spacial score (nSPS) is 11.0. The molecule has 7 nitrogen and oxygen atoms in total. The van der Waals surface area contributed by atoms with Crippen molar-refractivity contribution in [2.45, 2.75) is 20.3 Å². The third-order valence-corrected chi connectivity index (χ3v) is 4.42. The molecule has 1 aromatic carbocycles. The average Bonchev–Trinajstić information content (AvgIpc) is 3.19. The number of phenols is 1. The zero-order chi connectivity index (χ0) is 18.0. The summed E-state index contributed by atoms with van der Waals surface area (Å²) in [5, 5.41) is 29.1. The average molecular weight is 378 g/mol. The van der Waals surface area contributed by atoms with E-state index in [4.69, 9.17) is 11.6 Å². The number of carbonyl (C=O) groups excluding carboxylic acids is 1. The highest BCUT2D eigenvalue weighted by molar-refractivity contribution is 7.15. The Labute approximate surface area is 153 Å². The van der Waals surface area contributed by atoms with Crippen LogP contribution in [0.2, 0.25) is 5.02 Å². The van der Waals surface area contributed by atoms with E-state index in [9.17, 15) is 9.90 Å². The number of benzene rings is 1. The second-order valence-corrected chi connectivity index (χ2v) is 7.38. The fourth-order valence-corrected chi connectivity index (χ4v) is 3.31. The summed E-state index contributed by atoms with van der Waals surface area (Å²) in [4.78, 5) is 12.3. The van der Waals surface area contributed by atoms with Gasteiger partial charge in [0.15, 0.2) is 0 Å². The summed E-state index contributed by atoms with van der Waals surface area (Å²) in [5.41, 5.74) is 1.11. The molecule has 1 amide bonds. The molecular formula is C16H16ClN5O2S. The number of aromatic hydroxyl groups is 1. The molecule has 0 bridgehead atoms. The Kier molecular flexibility index (Phi) is 5.00. The van der Waals surface area contributed by atoms with Crippen molar-refractivity contribution in [2.24, 2.45) is 5.92 Å². The Balaban J connectivity index is 1.74. The quantitative estimate of drug-likeness (QED) is 0.628. The standard InChI is InChI=1S/C16H16ClN5O2S/c1-8(2)5-14-21-22-16(25-14)18-15(24)12-7-11(19-20-12)10-6-9(17)3-4-13(10)23/h3-4,6-8,23H,5H2,1-2H3,(H,19,20)(H,18,22,24). The Hall–Kier alpha value is -2.45. The molecule has 0 aliphatic carbocycles. The molecule has 0 radical (unpaired) electrons. The largest absolute Gasteiger partial charge is 0.507 e. The van der Waals surface area contributed by atoms with Gasteiger partial charge in [0.2, 0.25) is 5.13 Å². The predicted molar refractivity (Wildman–Crippen MR) is 97.1 cm³/mol. The smallest absolute Gasteiger partial charge is 0.275 e. The number of rotatable bonds is 5. The van der Waals surface area contributed by atoms with Gasteiger partial charge in [-0.1, -0.05) is 36.8 Å². The van der Waals surface area contributed by atoms with Crippen molar-refractivity contribution in [3.8, 4) is 17.0 Å². The van der Waals surface area contributed by atoms with E-state index in [1.54, 1.807) is 12.1 Å². The van der Waals surface area contributed by atoms with Crippen LogP contribution in [0, 0.1) is 5.92 Å². The Morgan fingerprint density at radius 2 is 2.16 bits per heavy atom. The van der Waals surface area contributed by atoms with Gasteiger partial charge in [-0.15, -0.1) is 10.2 Å². The van der Waals surface area contributed by atoms with Gasteiger partial charge in [-0.2, -0.15) is 5.10 Å². The Morgan fingerprint density at radius 3 is 2.92 bits per heavy atom. The van der Waals surface area contributed by atoms with Crippen LogP contribution in [-0.2, 0) is 6.42 Å². The number of carbonyl (C=O) groups is 1. The number of halogens is 1. The van der Waals surface area contributed by atoms with Crippen molar-refractivity contribution >= 4 is 34.0 Å². The molecule has 0 saturated heterocycles. The molecule has 9 heteroatoms. The molecule has 0 unspecified atom stereocenters. The van der Waals surface area contributed by atoms with Crippen LogP contribution in [0.1, 0.15) is 29.3 Å². The van der Waals surface area contributed by atoms with E-state index in [0.717, 1.165) is 11.4 Å². The van der Waals surface area contributed by atoms with Crippen molar-refractivity contribution < 1.29 is 9.90 Å². The van der Waals surface area contributed by atoms with Crippen LogP contribution in [0.4, 0.5) is 5.13 Å². The third kappa shape index (κ3) is 4.15. The fraction of sp³-hybridized carbons (Fsp3) is 0.250. The van der Waals surface area contributed by atoms with Gasteiger partial charge >= 0.3 is 0 Å². The minimum absolute atomic E-state index is 0.0327. The first-order chi connectivity index (χ1) is 11.9. The van der Waals surface area contributed by atoms with Gasteiger partial charge in [0.05, 0.1) is 5.69 Å². The van der Waals surface area contributed by atoms with Crippen LogP contribution >= 0.6 is 22.9 Å². The number of phenolic OH excluding ortho intramolecular Hbond substituents is 1. The van der Waals surface area contributed by atoms with E-state index >= 15 is 0 Å². The molecule has 2 heterocycles. The molecule has 3 rings (SSSR count). The summed E-state index contributed by atoms with van der Waals surface area (Å²) in [5.74, 6) is 0.120. The third-order valence-electron chi connectivity index (χ3n) is 3.33. The van der Waals surface area contributed by atoms with Gasteiger partial charge in [0.1, 0.15) is 16.5 Å². The van der Waals surface area contributed by atoms with E-state index in [0.29, 0.717) is 27.3 Å². The highest BCUT2D eigenvalue weighted by Crippen LogP contribution is 2.30. The zero-order valence-corrected chi connectivity index (χ0v) is 15.1. The molecule has 0 aliphatic rings. The summed E-state index contributed by atoms with van der Waals surface area (Å²) >= 11 is 7.29. The minimum atomic E-state index is -0.382. The molecular weight excluding hydrogens is 362 g/mol. The van der Waals surface area contributed by atoms with Gasteiger partial charge in [0, 0.05) is 17.0 Å². The Bertz CT molecular complexity index is 906. The number of nitrogens with one attached hydrogen (secondary N) is 2. The number of hydrogen-bond donors (Lipinski definition) is 3. The maximum atomic E-state index is 12.3. The van der Waals surface area contributed by atoms with E-state index in [2.05, 4.69) is 39.6 Å². The van der Waals surface area contributed by atoms with E-state index in [-0.39, 0.29) is 17.4 Å². The molecule has 3 N–H and O–H groups in total. The van der Waals surface area contributed by atoms with E-state index < -0.39 is 0 Å². The fourth-order valence-electron chi connectivity index (χ4n) is 2.19. The second kappa shape index (κ2) is 7.20. The minimum Gasteiger partial charge on any atom is -0.507 e. The lowest BCUT2D eigenvalue weighted by molar-refractivity contribution is 0.102. The Morgan fingerprint density at radius 1 is 1.36 bits per heavy atom. The van der Waals surface area contributed by atoms with Crippen molar-refractivity contribution in [2.75, 3.05) is 5.32 Å². The molecule has 0 fully saturated rings. The van der Waals surface area contributed by atoms with E-state index in [1.807, 2.05) is 0 Å². The number of hydrogen-bond acceptors (Lipinski definition) is 6. The van der Waals surface area contributed by atoms with E-state index in [1.165, 1.54) is 23.5 Å². The van der Waals surface area contributed by atoms with Crippen molar-refractivity contribution in [1.29, 1.82) is 0 Å². The number of nitrogens with zero attached hydrogens (tertiary/aromatic N) is 3. The first-order valence-electron chi connectivity index (χ1n) is 7.60. The summed E-state index contributed by atoms with van der Waals surface area (Å²) in [6, 6.07) is 6.17. The molecule has 3 aromatic rings. The van der Waals surface area contributed by atoms with Gasteiger partial charge in [-0.05, 0) is 30.2 Å².